The van der Waals surface area contributed by atoms with E-state index >= 15 is 0 Å². The average Bonchev–Trinajstić information content (AvgIpc) is 3.42. The Morgan fingerprint density at radius 1 is 0.923 bits per heavy atom. The van der Waals surface area contributed by atoms with E-state index in [9.17, 15) is 9.59 Å². The number of hydrogen-bond acceptors (Lipinski definition) is 3. The van der Waals surface area contributed by atoms with Crippen LogP contribution in [-0.4, -0.2) is 35.4 Å². The van der Waals surface area contributed by atoms with Gasteiger partial charge in [0, 0.05) is 19.0 Å². The fourth-order valence-electron chi connectivity index (χ4n) is 5.21. The minimum atomic E-state index is -0.645. The van der Waals surface area contributed by atoms with Crippen LogP contribution in [0.4, 0.5) is 0 Å². The molecule has 0 aromatic heterocycles. The normalized spacial score (nSPS) is 14.6. The molecule has 5 heteroatoms. The number of benzene rings is 3. The van der Waals surface area contributed by atoms with Gasteiger partial charge in [-0.25, -0.2) is 0 Å². The second-order valence-electron chi connectivity index (χ2n) is 11.8. The number of nitrogens with zero attached hydrogens (tertiary/aromatic N) is 1. The first-order valence-electron chi connectivity index (χ1n) is 14.1. The molecule has 4 rings (SSSR count). The number of aryl methyl sites for hydroxylation is 1. The maximum Gasteiger partial charge on any atom is 0.261 e. The van der Waals surface area contributed by atoms with Crippen molar-refractivity contribution in [1.29, 1.82) is 0 Å². The van der Waals surface area contributed by atoms with Gasteiger partial charge in [0.2, 0.25) is 5.91 Å². The number of carbonyl (C=O) groups is 2. The van der Waals surface area contributed by atoms with Crippen molar-refractivity contribution in [2.24, 2.45) is 0 Å². The van der Waals surface area contributed by atoms with Crippen molar-refractivity contribution in [1.82, 2.24) is 10.2 Å². The number of hydrogen-bond donors (Lipinski definition) is 1. The van der Waals surface area contributed by atoms with Crippen molar-refractivity contribution < 1.29 is 14.3 Å². The fourth-order valence-corrected chi connectivity index (χ4v) is 5.21. The Labute approximate surface area is 233 Å². The van der Waals surface area contributed by atoms with Gasteiger partial charge in [-0.3, -0.25) is 9.59 Å². The molecule has 206 valence electrons. The summed E-state index contributed by atoms with van der Waals surface area (Å²) in [7, 11) is 0. The third-order valence-corrected chi connectivity index (χ3v) is 7.49. The number of ether oxygens (including phenoxy) is 1. The molecule has 1 atom stereocenters. The molecular formula is C34H42N2O3. The number of rotatable bonds is 10. The van der Waals surface area contributed by atoms with Crippen LogP contribution in [0.2, 0.25) is 0 Å². The molecule has 1 saturated carbocycles. The van der Waals surface area contributed by atoms with Crippen LogP contribution in [0, 0.1) is 6.92 Å². The highest BCUT2D eigenvalue weighted by atomic mass is 16.5. The molecule has 5 nitrogen and oxygen atoms in total. The van der Waals surface area contributed by atoms with Gasteiger partial charge < -0.3 is 15.0 Å². The molecule has 0 saturated heterocycles. The van der Waals surface area contributed by atoms with Crippen molar-refractivity contribution in [3.8, 4) is 5.75 Å². The van der Waals surface area contributed by atoms with Crippen molar-refractivity contribution in [3.05, 3.63) is 101 Å². The highest BCUT2D eigenvalue weighted by molar-refractivity contribution is 5.88. The largest absolute Gasteiger partial charge is 0.484 e. The lowest BCUT2D eigenvalue weighted by molar-refractivity contribution is -0.143. The monoisotopic (exact) mass is 526 g/mol. The average molecular weight is 527 g/mol. The molecule has 2 amide bonds. The summed E-state index contributed by atoms with van der Waals surface area (Å²) < 4.78 is 5.97. The molecule has 0 heterocycles. The quantitative estimate of drug-likeness (QED) is 0.334. The highest BCUT2D eigenvalue weighted by Crippen LogP contribution is 2.25. The number of amides is 2. The van der Waals surface area contributed by atoms with E-state index in [4.69, 9.17) is 4.74 Å². The van der Waals surface area contributed by atoms with Gasteiger partial charge in [0.15, 0.2) is 6.61 Å². The molecule has 1 aliphatic carbocycles. The third-order valence-electron chi connectivity index (χ3n) is 7.49. The van der Waals surface area contributed by atoms with Crippen LogP contribution in [-0.2, 0) is 28.0 Å². The van der Waals surface area contributed by atoms with Gasteiger partial charge in [-0.2, -0.15) is 0 Å². The summed E-state index contributed by atoms with van der Waals surface area (Å²) in [5, 5.41) is 3.25. The maximum atomic E-state index is 13.8. The first-order valence-corrected chi connectivity index (χ1v) is 14.1. The van der Waals surface area contributed by atoms with Crippen LogP contribution >= 0.6 is 0 Å². The highest BCUT2D eigenvalue weighted by Gasteiger charge is 2.32. The van der Waals surface area contributed by atoms with Gasteiger partial charge in [0.05, 0.1) is 0 Å². The lowest BCUT2D eigenvalue weighted by atomic mass is 9.87. The summed E-state index contributed by atoms with van der Waals surface area (Å²) >= 11 is 0. The SMILES string of the molecule is Cc1cccc(CN(C(=O)COc2ccc(C(C)(C)C)cc2)[C@@H](Cc2ccccc2)C(=O)NC2CCCC2)c1. The number of carbonyl (C=O) groups excluding carboxylic acids is 2. The summed E-state index contributed by atoms with van der Waals surface area (Å²) in [5.74, 6) is 0.335. The van der Waals surface area contributed by atoms with Crippen LogP contribution in [0.3, 0.4) is 0 Å². The van der Waals surface area contributed by atoms with E-state index < -0.39 is 6.04 Å². The molecular weight excluding hydrogens is 484 g/mol. The molecule has 0 radical (unpaired) electrons. The van der Waals surface area contributed by atoms with E-state index in [1.54, 1.807) is 4.90 Å². The predicted molar refractivity (Wildman–Crippen MR) is 157 cm³/mol. The summed E-state index contributed by atoms with van der Waals surface area (Å²) in [6, 6.07) is 25.5. The topological polar surface area (TPSA) is 58.6 Å². The van der Waals surface area contributed by atoms with Crippen LogP contribution in [0.5, 0.6) is 5.75 Å². The Balaban J connectivity index is 1.58. The number of nitrogens with one attached hydrogen (secondary N) is 1. The van der Waals surface area contributed by atoms with Crippen molar-refractivity contribution in [2.45, 2.75) is 83.8 Å². The van der Waals surface area contributed by atoms with Gasteiger partial charge in [-0.1, -0.05) is 106 Å². The van der Waals surface area contributed by atoms with Crippen LogP contribution < -0.4 is 10.1 Å². The molecule has 0 aliphatic heterocycles. The molecule has 39 heavy (non-hydrogen) atoms. The zero-order valence-corrected chi connectivity index (χ0v) is 23.8. The lowest BCUT2D eigenvalue weighted by Crippen LogP contribution is -2.53. The Kier molecular flexibility index (Phi) is 9.45. The van der Waals surface area contributed by atoms with Gasteiger partial charge in [0.1, 0.15) is 11.8 Å². The van der Waals surface area contributed by atoms with E-state index in [0.29, 0.717) is 18.7 Å². The van der Waals surface area contributed by atoms with Crippen LogP contribution in [0.25, 0.3) is 0 Å². The minimum absolute atomic E-state index is 0.0380. The molecule has 0 spiro atoms. The minimum Gasteiger partial charge on any atom is -0.484 e. The lowest BCUT2D eigenvalue weighted by Gasteiger charge is -2.32. The maximum absolute atomic E-state index is 13.8. The molecule has 1 fully saturated rings. The molecule has 0 unspecified atom stereocenters. The predicted octanol–water partition coefficient (Wildman–Crippen LogP) is 6.37. The van der Waals surface area contributed by atoms with E-state index in [0.717, 1.165) is 42.4 Å². The Morgan fingerprint density at radius 3 is 2.23 bits per heavy atom. The third kappa shape index (κ3) is 8.19. The molecule has 3 aromatic carbocycles. The zero-order valence-electron chi connectivity index (χ0n) is 23.8. The molecule has 0 bridgehead atoms. The van der Waals surface area contributed by atoms with Crippen LogP contribution in [0.15, 0.2) is 78.9 Å². The van der Waals surface area contributed by atoms with Crippen molar-refractivity contribution in [2.75, 3.05) is 6.61 Å². The first-order chi connectivity index (χ1) is 18.7. The van der Waals surface area contributed by atoms with Gasteiger partial charge >= 0.3 is 0 Å². The summed E-state index contributed by atoms with van der Waals surface area (Å²) in [6.45, 7) is 8.73. The first kappa shape index (κ1) is 28.4. The fraction of sp³-hybridized carbons (Fsp3) is 0.412. The van der Waals surface area contributed by atoms with Gasteiger partial charge in [-0.15, -0.1) is 0 Å². The molecule has 1 aliphatic rings. The Bertz CT molecular complexity index is 1230. The second-order valence-corrected chi connectivity index (χ2v) is 11.8. The second kappa shape index (κ2) is 13.0. The Hall–Kier alpha value is -3.60. The summed E-state index contributed by atoms with van der Waals surface area (Å²) in [4.78, 5) is 29.3. The van der Waals surface area contributed by atoms with E-state index in [1.807, 2.05) is 79.7 Å². The van der Waals surface area contributed by atoms with Crippen molar-refractivity contribution >= 4 is 11.8 Å². The molecule has 1 N–H and O–H groups in total. The van der Waals surface area contributed by atoms with E-state index in [1.165, 1.54) is 5.56 Å². The van der Waals surface area contributed by atoms with Gasteiger partial charge in [-0.05, 0) is 54.0 Å². The standard InChI is InChI=1S/C34H42N2O3/c1-25-11-10-14-27(21-25)23-36(32(37)24-39-30-19-17-28(18-20-30)34(2,3)4)31(22-26-12-6-5-7-13-26)33(38)35-29-15-8-9-16-29/h5-7,10-14,17-21,29,31H,8-9,15-16,22-24H2,1-4H3,(H,35,38)/t31-/m0/s1. The Morgan fingerprint density at radius 2 is 1.59 bits per heavy atom. The summed E-state index contributed by atoms with van der Waals surface area (Å²) in [5.41, 5.74) is 4.37. The zero-order chi connectivity index (χ0) is 27.8. The van der Waals surface area contributed by atoms with Crippen LogP contribution in [0.1, 0.15) is 68.7 Å². The molecule has 3 aromatic rings. The van der Waals surface area contributed by atoms with Gasteiger partial charge in [0.25, 0.3) is 5.91 Å². The van der Waals surface area contributed by atoms with E-state index in [2.05, 4.69) is 32.2 Å². The van der Waals surface area contributed by atoms with Crippen molar-refractivity contribution in [3.63, 3.8) is 0 Å². The van der Waals surface area contributed by atoms with E-state index in [-0.39, 0.29) is 29.9 Å². The smallest absolute Gasteiger partial charge is 0.261 e. The summed E-state index contributed by atoms with van der Waals surface area (Å²) in [6.07, 6.45) is 4.67.